The molecule has 1 amide bonds. The Morgan fingerprint density at radius 2 is 2.18 bits per heavy atom. The maximum atomic E-state index is 11.8. The minimum Gasteiger partial charge on any atom is -0.465 e. The number of hydrogen-bond donors (Lipinski definition) is 1. The number of esters is 1. The quantitative estimate of drug-likeness (QED) is 0.753. The number of carbonyl (C=O) groups is 2. The molecule has 90 valence electrons. The van der Waals surface area contributed by atoms with Crippen LogP contribution in [-0.2, 0) is 9.53 Å². The fourth-order valence-corrected chi connectivity index (χ4v) is 1.85. The van der Waals surface area contributed by atoms with E-state index in [0.29, 0.717) is 24.3 Å². The molecule has 0 unspecified atom stereocenters. The molecule has 0 spiro atoms. The van der Waals surface area contributed by atoms with E-state index in [9.17, 15) is 9.59 Å². The second-order valence-electron chi connectivity index (χ2n) is 3.73. The molecule has 0 aliphatic carbocycles. The van der Waals surface area contributed by atoms with Crippen LogP contribution in [0.4, 0.5) is 5.69 Å². The van der Waals surface area contributed by atoms with Crippen LogP contribution < -0.4 is 10.2 Å². The Kier molecular flexibility index (Phi) is 3.39. The molecule has 0 radical (unpaired) electrons. The van der Waals surface area contributed by atoms with Gasteiger partial charge in [-0.3, -0.25) is 4.79 Å². The van der Waals surface area contributed by atoms with Crippen LogP contribution in [0.1, 0.15) is 10.4 Å². The van der Waals surface area contributed by atoms with Gasteiger partial charge in [-0.2, -0.15) is 0 Å². The average molecular weight is 234 g/mol. The van der Waals surface area contributed by atoms with Gasteiger partial charge in [0.25, 0.3) is 0 Å². The SMILES string of the molecule is COC(=O)c1ccccc1N1CCNCC1=O. The summed E-state index contributed by atoms with van der Waals surface area (Å²) in [4.78, 5) is 25.0. The maximum Gasteiger partial charge on any atom is 0.339 e. The van der Waals surface area contributed by atoms with E-state index in [1.807, 2.05) is 0 Å². The smallest absolute Gasteiger partial charge is 0.339 e. The van der Waals surface area contributed by atoms with Gasteiger partial charge in [0.05, 0.1) is 24.9 Å². The number of ether oxygens (including phenoxy) is 1. The van der Waals surface area contributed by atoms with Crippen molar-refractivity contribution in [2.75, 3.05) is 31.6 Å². The van der Waals surface area contributed by atoms with Crippen LogP contribution in [-0.4, -0.2) is 38.6 Å². The number of nitrogens with one attached hydrogen (secondary N) is 1. The fraction of sp³-hybridized carbons (Fsp3) is 0.333. The predicted octanol–water partition coefficient (Wildman–Crippen LogP) is 0.409. The van der Waals surface area contributed by atoms with Gasteiger partial charge in [0.15, 0.2) is 0 Å². The first kappa shape index (κ1) is 11.6. The van der Waals surface area contributed by atoms with Crippen LogP contribution in [0, 0.1) is 0 Å². The first-order valence-electron chi connectivity index (χ1n) is 5.42. The van der Waals surface area contributed by atoms with Crippen molar-refractivity contribution in [3.63, 3.8) is 0 Å². The molecule has 17 heavy (non-hydrogen) atoms. The minimum atomic E-state index is -0.424. The summed E-state index contributed by atoms with van der Waals surface area (Å²) in [6, 6.07) is 6.98. The summed E-state index contributed by atoms with van der Waals surface area (Å²) >= 11 is 0. The topological polar surface area (TPSA) is 58.6 Å². The average Bonchev–Trinajstić information content (AvgIpc) is 2.38. The van der Waals surface area contributed by atoms with E-state index < -0.39 is 5.97 Å². The highest BCUT2D eigenvalue weighted by Crippen LogP contribution is 2.21. The molecule has 0 atom stereocenters. The van der Waals surface area contributed by atoms with Crippen LogP contribution in [0.15, 0.2) is 24.3 Å². The molecule has 1 saturated heterocycles. The van der Waals surface area contributed by atoms with E-state index in [0.717, 1.165) is 6.54 Å². The third kappa shape index (κ3) is 2.29. The number of carbonyl (C=O) groups excluding carboxylic acids is 2. The Bertz CT molecular complexity index is 445. The summed E-state index contributed by atoms with van der Waals surface area (Å²) < 4.78 is 4.71. The molecule has 0 bridgehead atoms. The lowest BCUT2D eigenvalue weighted by molar-refractivity contribution is -0.118. The summed E-state index contributed by atoms with van der Waals surface area (Å²) in [5.74, 6) is -0.459. The van der Waals surface area contributed by atoms with Crippen LogP contribution in [0.25, 0.3) is 0 Å². The van der Waals surface area contributed by atoms with Crippen molar-refractivity contribution in [1.29, 1.82) is 0 Å². The lowest BCUT2D eigenvalue weighted by atomic mass is 10.1. The molecule has 5 nitrogen and oxygen atoms in total. The van der Waals surface area contributed by atoms with Gasteiger partial charge < -0.3 is 15.0 Å². The number of methoxy groups -OCH3 is 1. The van der Waals surface area contributed by atoms with Crippen molar-refractivity contribution in [3.05, 3.63) is 29.8 Å². The molecule has 2 rings (SSSR count). The molecule has 1 fully saturated rings. The molecule has 5 heteroatoms. The van der Waals surface area contributed by atoms with E-state index in [1.54, 1.807) is 29.2 Å². The van der Waals surface area contributed by atoms with Crippen molar-refractivity contribution in [3.8, 4) is 0 Å². The summed E-state index contributed by atoms with van der Waals surface area (Å²) in [5.41, 5.74) is 1.04. The van der Waals surface area contributed by atoms with Gasteiger partial charge in [-0.05, 0) is 12.1 Å². The van der Waals surface area contributed by atoms with Gasteiger partial charge in [-0.15, -0.1) is 0 Å². The predicted molar refractivity (Wildman–Crippen MR) is 63.0 cm³/mol. The van der Waals surface area contributed by atoms with Gasteiger partial charge in [-0.1, -0.05) is 12.1 Å². The largest absolute Gasteiger partial charge is 0.465 e. The zero-order valence-electron chi connectivity index (χ0n) is 9.60. The molecule has 0 saturated carbocycles. The fourth-order valence-electron chi connectivity index (χ4n) is 1.85. The number of hydrogen-bond acceptors (Lipinski definition) is 4. The van der Waals surface area contributed by atoms with E-state index >= 15 is 0 Å². The van der Waals surface area contributed by atoms with Crippen LogP contribution >= 0.6 is 0 Å². The second kappa shape index (κ2) is 4.97. The standard InChI is InChI=1S/C12H14N2O3/c1-17-12(16)9-4-2-3-5-10(9)14-7-6-13-8-11(14)15/h2-5,13H,6-8H2,1H3. The van der Waals surface area contributed by atoms with Crippen molar-refractivity contribution < 1.29 is 14.3 Å². The highest BCUT2D eigenvalue weighted by atomic mass is 16.5. The van der Waals surface area contributed by atoms with E-state index in [-0.39, 0.29) is 5.91 Å². The monoisotopic (exact) mass is 234 g/mol. The van der Waals surface area contributed by atoms with Gasteiger partial charge in [0.2, 0.25) is 5.91 Å². The minimum absolute atomic E-state index is 0.0346. The molecule has 1 aromatic carbocycles. The number of nitrogens with zero attached hydrogens (tertiary/aromatic N) is 1. The Morgan fingerprint density at radius 1 is 1.41 bits per heavy atom. The van der Waals surface area contributed by atoms with Crippen molar-refractivity contribution in [2.24, 2.45) is 0 Å². The van der Waals surface area contributed by atoms with Crippen molar-refractivity contribution in [1.82, 2.24) is 5.32 Å². The van der Waals surface area contributed by atoms with E-state index in [1.165, 1.54) is 7.11 Å². The third-order valence-electron chi connectivity index (χ3n) is 2.69. The molecule has 1 N–H and O–H groups in total. The molecule has 1 heterocycles. The normalized spacial score (nSPS) is 15.8. The second-order valence-corrected chi connectivity index (χ2v) is 3.73. The molecule has 1 aromatic rings. The molecular weight excluding hydrogens is 220 g/mol. The highest BCUT2D eigenvalue weighted by molar-refractivity contribution is 6.03. The zero-order chi connectivity index (χ0) is 12.3. The number of piperazine rings is 1. The van der Waals surface area contributed by atoms with Crippen LogP contribution in [0.3, 0.4) is 0 Å². The Labute approximate surface area is 99.4 Å². The highest BCUT2D eigenvalue weighted by Gasteiger charge is 2.23. The zero-order valence-corrected chi connectivity index (χ0v) is 9.60. The lowest BCUT2D eigenvalue weighted by Gasteiger charge is -2.28. The van der Waals surface area contributed by atoms with E-state index in [2.05, 4.69) is 5.32 Å². The van der Waals surface area contributed by atoms with Crippen molar-refractivity contribution in [2.45, 2.75) is 0 Å². The summed E-state index contributed by atoms with van der Waals surface area (Å²) in [6.07, 6.45) is 0. The lowest BCUT2D eigenvalue weighted by Crippen LogP contribution is -2.48. The number of anilines is 1. The molecule has 1 aliphatic rings. The Morgan fingerprint density at radius 3 is 2.88 bits per heavy atom. The Hall–Kier alpha value is -1.88. The number of rotatable bonds is 2. The van der Waals surface area contributed by atoms with Crippen LogP contribution in [0.2, 0.25) is 0 Å². The number of amides is 1. The van der Waals surface area contributed by atoms with E-state index in [4.69, 9.17) is 4.74 Å². The molecule has 1 aliphatic heterocycles. The van der Waals surface area contributed by atoms with Crippen LogP contribution in [0.5, 0.6) is 0 Å². The molecule has 0 aromatic heterocycles. The molecular formula is C12H14N2O3. The van der Waals surface area contributed by atoms with Gasteiger partial charge in [0, 0.05) is 13.1 Å². The maximum absolute atomic E-state index is 11.8. The Balaban J connectivity index is 2.37. The third-order valence-corrected chi connectivity index (χ3v) is 2.69. The summed E-state index contributed by atoms with van der Waals surface area (Å²) in [6.45, 7) is 1.59. The van der Waals surface area contributed by atoms with Crippen molar-refractivity contribution >= 4 is 17.6 Å². The number of para-hydroxylation sites is 1. The van der Waals surface area contributed by atoms with Gasteiger partial charge >= 0.3 is 5.97 Å². The summed E-state index contributed by atoms with van der Waals surface area (Å²) in [5, 5.41) is 2.99. The van der Waals surface area contributed by atoms with Gasteiger partial charge in [-0.25, -0.2) is 4.79 Å². The first-order chi connectivity index (χ1) is 8.24. The first-order valence-corrected chi connectivity index (χ1v) is 5.42. The summed E-state index contributed by atoms with van der Waals surface area (Å²) in [7, 11) is 1.33. The van der Waals surface area contributed by atoms with Gasteiger partial charge in [0.1, 0.15) is 0 Å². The number of benzene rings is 1.